The maximum absolute atomic E-state index is 11.5. The van der Waals surface area contributed by atoms with E-state index in [0.717, 1.165) is 0 Å². The van der Waals surface area contributed by atoms with Crippen LogP contribution in [-0.2, 0) is 4.79 Å². The maximum Gasteiger partial charge on any atom is 0.225 e. The summed E-state index contributed by atoms with van der Waals surface area (Å²) in [5.41, 5.74) is 0. The van der Waals surface area contributed by atoms with E-state index in [9.17, 15) is 4.79 Å². The fourth-order valence-corrected chi connectivity index (χ4v) is 1.34. The zero-order valence-corrected chi connectivity index (χ0v) is 10.8. The molecule has 1 aromatic heterocycles. The van der Waals surface area contributed by atoms with Crippen molar-refractivity contribution in [1.82, 2.24) is 10.2 Å². The van der Waals surface area contributed by atoms with Crippen molar-refractivity contribution in [2.45, 2.75) is 40.2 Å². The van der Waals surface area contributed by atoms with Gasteiger partial charge in [-0.3, -0.25) is 4.79 Å². The summed E-state index contributed by atoms with van der Waals surface area (Å²) in [4.78, 5) is 11.5. The quantitative estimate of drug-likeness (QED) is 0.823. The second kappa shape index (κ2) is 6.18. The monoisotopic (exact) mass is 236 g/mol. The lowest BCUT2D eigenvalue weighted by Gasteiger charge is -2.09. The molecule has 5 nitrogen and oxygen atoms in total. The Labute approximate surface area is 102 Å². The predicted molar refractivity (Wildman–Crippen MR) is 68.9 cm³/mol. The van der Waals surface area contributed by atoms with Gasteiger partial charge >= 0.3 is 0 Å². The Morgan fingerprint density at radius 2 is 1.76 bits per heavy atom. The molecule has 2 N–H and O–H groups in total. The number of hydrogen-bond acceptors (Lipinski definition) is 4. The largest absolute Gasteiger partial charge is 0.366 e. The Balaban J connectivity index is 2.53. The molecule has 94 valence electrons. The van der Waals surface area contributed by atoms with Crippen LogP contribution in [0.5, 0.6) is 0 Å². The first-order valence-corrected chi connectivity index (χ1v) is 5.87. The van der Waals surface area contributed by atoms with Crippen molar-refractivity contribution >= 4 is 17.5 Å². The molecule has 0 aliphatic heterocycles. The van der Waals surface area contributed by atoms with Crippen LogP contribution in [0.15, 0.2) is 12.1 Å². The molecule has 0 aliphatic rings. The SMILES string of the molecule is CC(C)CC(=O)Nc1ccc(NC(C)C)nn1. The summed E-state index contributed by atoms with van der Waals surface area (Å²) < 4.78 is 0. The van der Waals surface area contributed by atoms with Crippen LogP contribution in [0.3, 0.4) is 0 Å². The summed E-state index contributed by atoms with van der Waals surface area (Å²) in [5.74, 6) is 1.51. The minimum absolute atomic E-state index is 0.0288. The molecule has 0 unspecified atom stereocenters. The van der Waals surface area contributed by atoms with Gasteiger partial charge in [-0.15, -0.1) is 10.2 Å². The van der Waals surface area contributed by atoms with E-state index >= 15 is 0 Å². The molecule has 5 heteroatoms. The number of hydrogen-bond donors (Lipinski definition) is 2. The highest BCUT2D eigenvalue weighted by Gasteiger charge is 2.06. The second-order valence-electron chi connectivity index (χ2n) is 4.75. The fourth-order valence-electron chi connectivity index (χ4n) is 1.34. The Kier molecular flexibility index (Phi) is 4.87. The van der Waals surface area contributed by atoms with E-state index < -0.39 is 0 Å². The molecule has 1 amide bonds. The average Bonchev–Trinajstić information content (AvgIpc) is 2.18. The first-order chi connectivity index (χ1) is 7.97. The van der Waals surface area contributed by atoms with E-state index in [1.165, 1.54) is 0 Å². The van der Waals surface area contributed by atoms with Crippen LogP contribution in [0.2, 0.25) is 0 Å². The molecule has 0 atom stereocenters. The van der Waals surface area contributed by atoms with Gasteiger partial charge in [0, 0.05) is 12.5 Å². The summed E-state index contributed by atoms with van der Waals surface area (Å²) >= 11 is 0. The molecule has 0 fully saturated rings. The number of carbonyl (C=O) groups is 1. The molecule has 0 saturated heterocycles. The molecule has 0 aliphatic carbocycles. The van der Waals surface area contributed by atoms with Gasteiger partial charge in [0.1, 0.15) is 5.82 Å². The van der Waals surface area contributed by atoms with Crippen LogP contribution in [-0.4, -0.2) is 22.1 Å². The van der Waals surface area contributed by atoms with E-state index in [-0.39, 0.29) is 5.91 Å². The first kappa shape index (κ1) is 13.4. The highest BCUT2D eigenvalue weighted by Crippen LogP contribution is 2.08. The lowest BCUT2D eigenvalue weighted by molar-refractivity contribution is -0.116. The average molecular weight is 236 g/mol. The Hall–Kier alpha value is -1.65. The van der Waals surface area contributed by atoms with E-state index in [2.05, 4.69) is 20.8 Å². The third-order valence-corrected chi connectivity index (χ3v) is 1.96. The number of nitrogens with zero attached hydrogens (tertiary/aromatic N) is 2. The van der Waals surface area contributed by atoms with Crippen LogP contribution in [0.4, 0.5) is 11.6 Å². The van der Waals surface area contributed by atoms with Gasteiger partial charge in [-0.05, 0) is 31.9 Å². The van der Waals surface area contributed by atoms with Gasteiger partial charge in [-0.25, -0.2) is 0 Å². The van der Waals surface area contributed by atoms with E-state index in [1.807, 2.05) is 27.7 Å². The molecular formula is C12H20N4O. The number of carbonyl (C=O) groups excluding carboxylic acids is 1. The van der Waals surface area contributed by atoms with Gasteiger partial charge < -0.3 is 10.6 Å². The van der Waals surface area contributed by atoms with Crippen LogP contribution in [0, 0.1) is 5.92 Å². The lowest BCUT2D eigenvalue weighted by Crippen LogP contribution is -2.16. The zero-order valence-electron chi connectivity index (χ0n) is 10.8. The van der Waals surface area contributed by atoms with Crippen molar-refractivity contribution in [3.63, 3.8) is 0 Å². The Morgan fingerprint density at radius 1 is 1.18 bits per heavy atom. The van der Waals surface area contributed by atoms with Gasteiger partial charge in [0.2, 0.25) is 5.91 Å². The second-order valence-corrected chi connectivity index (χ2v) is 4.75. The van der Waals surface area contributed by atoms with Gasteiger partial charge in [-0.2, -0.15) is 0 Å². The third-order valence-electron chi connectivity index (χ3n) is 1.96. The predicted octanol–water partition coefficient (Wildman–Crippen LogP) is 2.28. The summed E-state index contributed by atoms with van der Waals surface area (Å²) in [6, 6.07) is 3.86. The van der Waals surface area contributed by atoms with Gasteiger partial charge in [0.25, 0.3) is 0 Å². The number of aromatic nitrogens is 2. The molecule has 0 bridgehead atoms. The molecule has 0 saturated carbocycles. The van der Waals surface area contributed by atoms with Crippen LogP contribution in [0.25, 0.3) is 0 Å². The molecular weight excluding hydrogens is 216 g/mol. The maximum atomic E-state index is 11.5. The fraction of sp³-hybridized carbons (Fsp3) is 0.583. The smallest absolute Gasteiger partial charge is 0.225 e. The highest BCUT2D eigenvalue weighted by molar-refractivity contribution is 5.89. The summed E-state index contributed by atoms with van der Waals surface area (Å²) in [6.45, 7) is 8.06. The van der Waals surface area contributed by atoms with Crippen LogP contribution >= 0.6 is 0 Å². The van der Waals surface area contributed by atoms with Gasteiger partial charge in [-0.1, -0.05) is 13.8 Å². The lowest BCUT2D eigenvalue weighted by atomic mass is 10.1. The molecule has 0 radical (unpaired) electrons. The van der Waals surface area contributed by atoms with Crippen molar-refractivity contribution in [3.05, 3.63) is 12.1 Å². The van der Waals surface area contributed by atoms with Crippen LogP contribution in [0.1, 0.15) is 34.1 Å². The highest BCUT2D eigenvalue weighted by atomic mass is 16.1. The van der Waals surface area contributed by atoms with Crippen molar-refractivity contribution in [3.8, 4) is 0 Å². The first-order valence-electron chi connectivity index (χ1n) is 5.87. The van der Waals surface area contributed by atoms with E-state index in [0.29, 0.717) is 30.0 Å². The zero-order chi connectivity index (χ0) is 12.8. The normalized spacial score (nSPS) is 10.7. The molecule has 0 aromatic carbocycles. The van der Waals surface area contributed by atoms with Crippen molar-refractivity contribution in [1.29, 1.82) is 0 Å². The molecule has 1 aromatic rings. The minimum atomic E-state index is -0.0288. The van der Waals surface area contributed by atoms with Crippen molar-refractivity contribution < 1.29 is 4.79 Å². The number of nitrogens with one attached hydrogen (secondary N) is 2. The topological polar surface area (TPSA) is 66.9 Å². The number of amides is 1. The molecule has 1 rings (SSSR count). The summed E-state index contributed by atoms with van der Waals surface area (Å²) in [7, 11) is 0. The Bertz CT molecular complexity index is 359. The van der Waals surface area contributed by atoms with Crippen molar-refractivity contribution in [2.75, 3.05) is 10.6 Å². The molecule has 0 spiro atoms. The Morgan fingerprint density at radius 3 is 2.24 bits per heavy atom. The standard InChI is InChI=1S/C12H20N4O/c1-8(2)7-12(17)14-11-6-5-10(15-16-11)13-9(3)4/h5-6,8-9H,7H2,1-4H3,(H,13,15)(H,14,16,17). The number of rotatable bonds is 5. The van der Waals surface area contributed by atoms with E-state index in [1.54, 1.807) is 12.1 Å². The third kappa shape index (κ3) is 5.29. The number of anilines is 2. The van der Waals surface area contributed by atoms with Gasteiger partial charge in [0.05, 0.1) is 0 Å². The van der Waals surface area contributed by atoms with Crippen molar-refractivity contribution in [2.24, 2.45) is 5.92 Å². The van der Waals surface area contributed by atoms with Gasteiger partial charge in [0.15, 0.2) is 5.82 Å². The molecule has 17 heavy (non-hydrogen) atoms. The minimum Gasteiger partial charge on any atom is -0.366 e. The molecule has 1 heterocycles. The summed E-state index contributed by atoms with van der Waals surface area (Å²) in [5, 5.41) is 13.8. The van der Waals surface area contributed by atoms with Crippen LogP contribution < -0.4 is 10.6 Å². The van der Waals surface area contributed by atoms with E-state index in [4.69, 9.17) is 0 Å². The summed E-state index contributed by atoms with van der Waals surface area (Å²) in [6.07, 6.45) is 0.494.